The first-order chi connectivity index (χ1) is 11.9. The Morgan fingerprint density at radius 3 is 2.36 bits per heavy atom. The maximum Gasteiger partial charge on any atom is 0.259 e. The van der Waals surface area contributed by atoms with Crippen LogP contribution in [0.5, 0.6) is 0 Å². The monoisotopic (exact) mass is 344 g/mol. The molecule has 3 heterocycles. The molecule has 0 aromatic carbocycles. The van der Waals surface area contributed by atoms with Crippen molar-refractivity contribution in [2.45, 2.75) is 20.8 Å². The highest BCUT2D eigenvalue weighted by atomic mass is 16.5. The van der Waals surface area contributed by atoms with Gasteiger partial charge in [-0.3, -0.25) is 4.79 Å². The second-order valence-corrected chi connectivity index (χ2v) is 6.50. The third-order valence-electron chi connectivity index (χ3n) is 4.41. The Morgan fingerprint density at radius 2 is 1.80 bits per heavy atom. The smallest absolute Gasteiger partial charge is 0.259 e. The van der Waals surface area contributed by atoms with E-state index in [4.69, 9.17) is 4.52 Å². The number of hydrogen-bond donors (Lipinski definition) is 0. The largest absolute Gasteiger partial charge is 0.363 e. The predicted octanol–water partition coefficient (Wildman–Crippen LogP) is 1.42. The summed E-state index contributed by atoms with van der Waals surface area (Å²) in [6.07, 6.45) is 0. The molecular weight excluding hydrogens is 320 g/mol. The summed E-state index contributed by atoms with van der Waals surface area (Å²) in [5.74, 6) is 3.10. The number of aromatic nitrogens is 3. The number of piperazine rings is 1. The summed E-state index contributed by atoms with van der Waals surface area (Å²) in [6, 6.07) is 1.98. The summed E-state index contributed by atoms with van der Waals surface area (Å²) in [5.41, 5.74) is 1.23. The van der Waals surface area contributed by atoms with Crippen LogP contribution in [0.4, 0.5) is 11.6 Å². The average Bonchev–Trinajstić information content (AvgIpc) is 2.92. The number of hydrogen-bond acceptors (Lipinski definition) is 7. The third-order valence-corrected chi connectivity index (χ3v) is 4.41. The van der Waals surface area contributed by atoms with Crippen molar-refractivity contribution in [3.8, 4) is 0 Å². The van der Waals surface area contributed by atoms with Crippen molar-refractivity contribution in [3.05, 3.63) is 28.9 Å². The Kier molecular flexibility index (Phi) is 4.61. The quantitative estimate of drug-likeness (QED) is 0.833. The van der Waals surface area contributed by atoms with E-state index in [0.29, 0.717) is 30.1 Å². The van der Waals surface area contributed by atoms with E-state index in [1.807, 2.05) is 36.9 Å². The van der Waals surface area contributed by atoms with E-state index in [9.17, 15) is 4.79 Å². The van der Waals surface area contributed by atoms with Crippen LogP contribution in [0, 0.1) is 20.8 Å². The summed E-state index contributed by atoms with van der Waals surface area (Å²) in [7, 11) is 3.93. The lowest BCUT2D eigenvalue weighted by atomic mass is 10.1. The molecular formula is C17H24N6O2. The molecule has 0 spiro atoms. The van der Waals surface area contributed by atoms with Gasteiger partial charge in [-0.15, -0.1) is 0 Å². The van der Waals surface area contributed by atoms with E-state index in [-0.39, 0.29) is 5.91 Å². The highest BCUT2D eigenvalue weighted by Gasteiger charge is 2.27. The molecule has 134 valence electrons. The molecule has 1 aliphatic heterocycles. The molecule has 0 atom stereocenters. The first-order valence-electron chi connectivity index (χ1n) is 8.37. The second kappa shape index (κ2) is 6.70. The summed E-state index contributed by atoms with van der Waals surface area (Å²) >= 11 is 0. The van der Waals surface area contributed by atoms with Gasteiger partial charge in [0.15, 0.2) is 0 Å². The van der Waals surface area contributed by atoms with E-state index in [1.165, 1.54) is 0 Å². The van der Waals surface area contributed by atoms with Gasteiger partial charge in [0.2, 0.25) is 0 Å². The molecule has 2 aromatic rings. The first kappa shape index (κ1) is 17.2. The molecule has 0 saturated carbocycles. The van der Waals surface area contributed by atoms with Crippen LogP contribution < -0.4 is 9.80 Å². The summed E-state index contributed by atoms with van der Waals surface area (Å²) in [5, 5.41) is 3.88. The lowest BCUT2D eigenvalue weighted by Gasteiger charge is -2.35. The van der Waals surface area contributed by atoms with Crippen LogP contribution in [-0.4, -0.2) is 66.2 Å². The van der Waals surface area contributed by atoms with Crippen molar-refractivity contribution in [1.29, 1.82) is 0 Å². The Labute approximate surface area is 147 Å². The van der Waals surface area contributed by atoms with Crippen LogP contribution >= 0.6 is 0 Å². The number of anilines is 2. The number of amides is 1. The summed E-state index contributed by atoms with van der Waals surface area (Å²) < 4.78 is 5.12. The summed E-state index contributed by atoms with van der Waals surface area (Å²) in [4.78, 5) is 27.7. The van der Waals surface area contributed by atoms with Crippen molar-refractivity contribution in [1.82, 2.24) is 20.0 Å². The zero-order chi connectivity index (χ0) is 18.1. The first-order valence-corrected chi connectivity index (χ1v) is 8.37. The molecule has 1 amide bonds. The van der Waals surface area contributed by atoms with Gasteiger partial charge in [0.05, 0.1) is 5.69 Å². The number of carbonyl (C=O) groups is 1. The summed E-state index contributed by atoms with van der Waals surface area (Å²) in [6.45, 7) is 8.22. The molecule has 8 nitrogen and oxygen atoms in total. The second-order valence-electron chi connectivity index (χ2n) is 6.50. The number of aryl methyl sites for hydroxylation is 3. The Bertz CT molecular complexity index is 758. The average molecular weight is 344 g/mol. The van der Waals surface area contributed by atoms with Gasteiger partial charge >= 0.3 is 0 Å². The predicted molar refractivity (Wildman–Crippen MR) is 95.2 cm³/mol. The molecule has 25 heavy (non-hydrogen) atoms. The number of carbonyl (C=O) groups excluding carboxylic acids is 1. The highest BCUT2D eigenvalue weighted by molar-refractivity contribution is 5.96. The minimum absolute atomic E-state index is 0.0104. The van der Waals surface area contributed by atoms with Crippen LogP contribution in [0.2, 0.25) is 0 Å². The van der Waals surface area contributed by atoms with Gasteiger partial charge in [-0.05, 0) is 20.8 Å². The minimum Gasteiger partial charge on any atom is -0.363 e. The van der Waals surface area contributed by atoms with Crippen molar-refractivity contribution < 1.29 is 9.32 Å². The Hall–Kier alpha value is -2.64. The van der Waals surface area contributed by atoms with Crippen molar-refractivity contribution in [3.63, 3.8) is 0 Å². The fourth-order valence-electron chi connectivity index (χ4n) is 3.01. The fourth-order valence-corrected chi connectivity index (χ4v) is 3.01. The molecule has 1 aliphatic rings. The van der Waals surface area contributed by atoms with E-state index < -0.39 is 0 Å². The molecule has 0 unspecified atom stereocenters. The van der Waals surface area contributed by atoms with Gasteiger partial charge in [0.1, 0.15) is 28.8 Å². The Morgan fingerprint density at radius 1 is 1.12 bits per heavy atom. The molecule has 0 bridgehead atoms. The Balaban J connectivity index is 1.71. The van der Waals surface area contributed by atoms with Crippen molar-refractivity contribution >= 4 is 17.5 Å². The van der Waals surface area contributed by atoms with E-state index in [0.717, 1.165) is 30.5 Å². The van der Waals surface area contributed by atoms with Gasteiger partial charge in [-0.2, -0.15) is 0 Å². The minimum atomic E-state index is -0.0104. The zero-order valence-electron chi connectivity index (χ0n) is 15.4. The third kappa shape index (κ3) is 3.42. The molecule has 0 radical (unpaired) electrons. The maximum atomic E-state index is 12.7. The van der Waals surface area contributed by atoms with Crippen LogP contribution in [-0.2, 0) is 0 Å². The highest BCUT2D eigenvalue weighted by Crippen LogP contribution is 2.21. The van der Waals surface area contributed by atoms with Gasteiger partial charge < -0.3 is 19.2 Å². The van der Waals surface area contributed by atoms with Crippen molar-refractivity contribution in [2.24, 2.45) is 0 Å². The van der Waals surface area contributed by atoms with E-state index >= 15 is 0 Å². The molecule has 2 aromatic heterocycles. The molecule has 1 saturated heterocycles. The number of nitrogens with zero attached hydrogens (tertiary/aromatic N) is 6. The van der Waals surface area contributed by atoms with E-state index in [1.54, 1.807) is 13.8 Å². The molecule has 0 aliphatic carbocycles. The van der Waals surface area contributed by atoms with Crippen LogP contribution in [0.25, 0.3) is 0 Å². The topological polar surface area (TPSA) is 78.6 Å². The molecule has 0 N–H and O–H groups in total. The zero-order valence-corrected chi connectivity index (χ0v) is 15.4. The molecule has 1 fully saturated rings. The number of rotatable bonds is 3. The van der Waals surface area contributed by atoms with Gasteiger partial charge in [0, 0.05) is 46.3 Å². The van der Waals surface area contributed by atoms with E-state index in [2.05, 4.69) is 20.0 Å². The maximum absolute atomic E-state index is 12.7. The molecule has 3 rings (SSSR count). The van der Waals surface area contributed by atoms with Crippen LogP contribution in [0.3, 0.4) is 0 Å². The standard InChI is InChI=1S/C17H24N6O2/c1-11-16(12(2)25-20-11)17(24)23-8-6-22(7-9-23)15-10-14(21(4)5)18-13(3)19-15/h10H,6-9H2,1-5H3. The van der Waals surface area contributed by atoms with Gasteiger partial charge in [0.25, 0.3) is 5.91 Å². The lowest BCUT2D eigenvalue weighted by molar-refractivity contribution is 0.0744. The fraction of sp³-hybridized carbons (Fsp3) is 0.529. The normalized spacial score (nSPS) is 14.8. The van der Waals surface area contributed by atoms with Crippen LogP contribution in [0.15, 0.2) is 10.6 Å². The van der Waals surface area contributed by atoms with Crippen molar-refractivity contribution in [2.75, 3.05) is 50.1 Å². The van der Waals surface area contributed by atoms with Gasteiger partial charge in [-0.25, -0.2) is 9.97 Å². The lowest BCUT2D eigenvalue weighted by Crippen LogP contribution is -2.49. The van der Waals surface area contributed by atoms with Crippen LogP contribution in [0.1, 0.15) is 27.6 Å². The van der Waals surface area contributed by atoms with Gasteiger partial charge in [-0.1, -0.05) is 5.16 Å². The SMILES string of the molecule is Cc1nc(N(C)C)cc(N2CCN(C(=O)c3c(C)noc3C)CC2)n1. The molecule has 8 heteroatoms.